The van der Waals surface area contributed by atoms with Crippen LogP contribution in [0.2, 0.25) is 0 Å². The highest BCUT2D eigenvalue weighted by Gasteiger charge is 2.44. The van der Waals surface area contributed by atoms with E-state index >= 15 is 0 Å². The van der Waals surface area contributed by atoms with Crippen molar-refractivity contribution in [2.75, 3.05) is 33.4 Å². The van der Waals surface area contributed by atoms with Crippen LogP contribution in [-0.4, -0.2) is 43.8 Å². The Bertz CT molecular complexity index is 167. The molecule has 0 aromatic carbocycles. The molecule has 84 valence electrons. The van der Waals surface area contributed by atoms with Gasteiger partial charge < -0.3 is 10.5 Å². The van der Waals surface area contributed by atoms with Crippen molar-refractivity contribution in [1.29, 1.82) is 0 Å². The van der Waals surface area contributed by atoms with Crippen molar-refractivity contribution in [2.45, 2.75) is 32.2 Å². The molecule has 0 atom stereocenters. The highest BCUT2D eigenvalue weighted by molar-refractivity contribution is 5.01. The average molecular weight is 200 g/mol. The summed E-state index contributed by atoms with van der Waals surface area (Å²) < 4.78 is 5.13. The topological polar surface area (TPSA) is 38.5 Å². The molecule has 3 heteroatoms. The number of hydrogen-bond donors (Lipinski definition) is 1. The van der Waals surface area contributed by atoms with Crippen LogP contribution >= 0.6 is 0 Å². The molecule has 1 rings (SSSR count). The molecule has 1 aliphatic rings. The van der Waals surface area contributed by atoms with Crippen molar-refractivity contribution in [3.63, 3.8) is 0 Å². The van der Waals surface area contributed by atoms with Crippen molar-refractivity contribution < 1.29 is 4.74 Å². The Morgan fingerprint density at radius 2 is 2.14 bits per heavy atom. The van der Waals surface area contributed by atoms with Crippen molar-refractivity contribution in [3.8, 4) is 0 Å². The predicted molar refractivity (Wildman–Crippen MR) is 59.3 cm³/mol. The number of likely N-dealkylation sites (N-methyl/N-ethyl adjacent to an activating group) is 1. The molecule has 1 fully saturated rings. The third-order valence-electron chi connectivity index (χ3n) is 3.45. The van der Waals surface area contributed by atoms with E-state index in [1.165, 1.54) is 12.8 Å². The molecule has 0 aromatic rings. The molecule has 0 spiro atoms. The quantitative estimate of drug-likeness (QED) is 0.697. The molecule has 0 saturated heterocycles. The molecule has 0 aromatic heterocycles. The molecule has 0 radical (unpaired) electrons. The first-order valence-corrected chi connectivity index (χ1v) is 5.62. The van der Waals surface area contributed by atoms with E-state index in [0.29, 0.717) is 0 Å². The molecule has 1 aliphatic carbocycles. The number of nitrogens with zero attached hydrogens (tertiary/aromatic N) is 1. The molecule has 14 heavy (non-hydrogen) atoms. The smallest absolute Gasteiger partial charge is 0.0589 e. The van der Waals surface area contributed by atoms with Crippen LogP contribution < -0.4 is 5.73 Å². The van der Waals surface area contributed by atoms with Gasteiger partial charge in [0, 0.05) is 25.7 Å². The summed E-state index contributed by atoms with van der Waals surface area (Å²) in [5.74, 6) is 0.843. The Balaban J connectivity index is 2.48. The van der Waals surface area contributed by atoms with Gasteiger partial charge in [-0.25, -0.2) is 0 Å². The fourth-order valence-electron chi connectivity index (χ4n) is 2.72. The standard InChI is InChI=1S/C11H24N2O/c1-4-13(5-6-14-3)11(9-12)7-10(2)8-11/h10H,4-9,12H2,1-3H3. The Labute approximate surface area is 87.6 Å². The maximum absolute atomic E-state index is 5.90. The minimum Gasteiger partial charge on any atom is -0.383 e. The van der Waals surface area contributed by atoms with Gasteiger partial charge in [-0.15, -0.1) is 0 Å². The van der Waals surface area contributed by atoms with Crippen LogP contribution in [0.5, 0.6) is 0 Å². The summed E-state index contributed by atoms with van der Waals surface area (Å²) in [7, 11) is 1.76. The van der Waals surface area contributed by atoms with Crippen LogP contribution in [0.1, 0.15) is 26.7 Å². The lowest BCUT2D eigenvalue weighted by Gasteiger charge is -2.53. The number of ether oxygens (including phenoxy) is 1. The van der Waals surface area contributed by atoms with Crippen molar-refractivity contribution >= 4 is 0 Å². The minimum absolute atomic E-state index is 0.284. The summed E-state index contributed by atoms with van der Waals surface area (Å²) in [6, 6.07) is 0. The second-order valence-electron chi connectivity index (χ2n) is 4.51. The zero-order valence-corrected chi connectivity index (χ0v) is 9.75. The summed E-state index contributed by atoms with van der Waals surface area (Å²) in [4.78, 5) is 2.48. The van der Waals surface area contributed by atoms with Gasteiger partial charge in [-0.1, -0.05) is 13.8 Å². The van der Waals surface area contributed by atoms with Gasteiger partial charge in [0.05, 0.1) is 6.61 Å². The van der Waals surface area contributed by atoms with E-state index in [4.69, 9.17) is 10.5 Å². The van der Waals surface area contributed by atoms with Crippen LogP contribution in [0.15, 0.2) is 0 Å². The van der Waals surface area contributed by atoms with Crippen LogP contribution in [-0.2, 0) is 4.74 Å². The van der Waals surface area contributed by atoms with Gasteiger partial charge in [0.25, 0.3) is 0 Å². The lowest BCUT2D eigenvalue weighted by Crippen LogP contribution is -2.61. The summed E-state index contributed by atoms with van der Waals surface area (Å²) in [5, 5.41) is 0. The van der Waals surface area contributed by atoms with E-state index in [1.54, 1.807) is 7.11 Å². The fourth-order valence-corrected chi connectivity index (χ4v) is 2.72. The van der Waals surface area contributed by atoms with Gasteiger partial charge in [0.2, 0.25) is 0 Å². The van der Waals surface area contributed by atoms with E-state index in [1.807, 2.05) is 0 Å². The van der Waals surface area contributed by atoms with E-state index in [-0.39, 0.29) is 5.54 Å². The molecule has 0 aliphatic heterocycles. The lowest BCUT2D eigenvalue weighted by molar-refractivity contribution is -0.0216. The Hall–Kier alpha value is -0.120. The van der Waals surface area contributed by atoms with Crippen LogP contribution in [0.4, 0.5) is 0 Å². The zero-order chi connectivity index (χ0) is 10.6. The van der Waals surface area contributed by atoms with Crippen molar-refractivity contribution in [3.05, 3.63) is 0 Å². The SMILES string of the molecule is CCN(CCOC)C1(CN)CC(C)C1. The summed E-state index contributed by atoms with van der Waals surface area (Å²) in [6.45, 7) is 8.19. The van der Waals surface area contributed by atoms with Gasteiger partial charge in [-0.3, -0.25) is 4.90 Å². The monoisotopic (exact) mass is 200 g/mol. The van der Waals surface area contributed by atoms with E-state index in [9.17, 15) is 0 Å². The lowest BCUT2D eigenvalue weighted by atomic mass is 9.68. The molecule has 3 nitrogen and oxygen atoms in total. The minimum atomic E-state index is 0.284. The molecular formula is C11H24N2O. The zero-order valence-electron chi connectivity index (χ0n) is 9.75. The second kappa shape index (κ2) is 5.10. The predicted octanol–water partition coefficient (Wildman–Crippen LogP) is 1.08. The van der Waals surface area contributed by atoms with Gasteiger partial charge >= 0.3 is 0 Å². The van der Waals surface area contributed by atoms with Crippen molar-refractivity contribution in [2.24, 2.45) is 11.7 Å². The molecule has 0 amide bonds. The van der Waals surface area contributed by atoms with Gasteiger partial charge in [0.15, 0.2) is 0 Å². The van der Waals surface area contributed by atoms with E-state index in [2.05, 4.69) is 18.7 Å². The molecular weight excluding hydrogens is 176 g/mol. The number of methoxy groups -OCH3 is 1. The first-order valence-electron chi connectivity index (χ1n) is 5.62. The van der Waals surface area contributed by atoms with E-state index in [0.717, 1.165) is 32.2 Å². The molecule has 0 bridgehead atoms. The largest absolute Gasteiger partial charge is 0.383 e. The highest BCUT2D eigenvalue weighted by atomic mass is 16.5. The highest BCUT2D eigenvalue weighted by Crippen LogP contribution is 2.41. The average Bonchev–Trinajstić information content (AvgIpc) is 2.15. The van der Waals surface area contributed by atoms with E-state index < -0.39 is 0 Å². The number of rotatable bonds is 6. The van der Waals surface area contributed by atoms with Gasteiger partial charge in [-0.2, -0.15) is 0 Å². The summed E-state index contributed by atoms with van der Waals surface area (Å²) in [5.41, 5.74) is 6.18. The Morgan fingerprint density at radius 3 is 2.50 bits per heavy atom. The van der Waals surface area contributed by atoms with Gasteiger partial charge in [-0.05, 0) is 25.3 Å². The number of hydrogen-bond acceptors (Lipinski definition) is 3. The third kappa shape index (κ3) is 2.27. The fraction of sp³-hybridized carbons (Fsp3) is 1.00. The second-order valence-corrected chi connectivity index (χ2v) is 4.51. The van der Waals surface area contributed by atoms with Crippen LogP contribution in [0.3, 0.4) is 0 Å². The van der Waals surface area contributed by atoms with Crippen molar-refractivity contribution in [1.82, 2.24) is 4.90 Å². The Kier molecular flexibility index (Phi) is 4.35. The summed E-state index contributed by atoms with van der Waals surface area (Å²) >= 11 is 0. The Morgan fingerprint density at radius 1 is 1.50 bits per heavy atom. The van der Waals surface area contributed by atoms with Gasteiger partial charge in [0.1, 0.15) is 0 Å². The molecule has 1 saturated carbocycles. The summed E-state index contributed by atoms with van der Waals surface area (Å²) in [6.07, 6.45) is 2.50. The molecule has 2 N–H and O–H groups in total. The molecule has 0 heterocycles. The third-order valence-corrected chi connectivity index (χ3v) is 3.45. The maximum Gasteiger partial charge on any atom is 0.0589 e. The van der Waals surface area contributed by atoms with Crippen LogP contribution in [0, 0.1) is 5.92 Å². The van der Waals surface area contributed by atoms with Crippen LogP contribution in [0.25, 0.3) is 0 Å². The normalized spacial score (nSPS) is 31.9. The molecule has 0 unspecified atom stereocenters. The first kappa shape index (κ1) is 12.0. The maximum atomic E-state index is 5.90. The first-order chi connectivity index (χ1) is 6.68. The number of nitrogens with two attached hydrogens (primary N) is 1.